The molecule has 0 aliphatic heterocycles. The van der Waals surface area contributed by atoms with Crippen LogP contribution in [0.5, 0.6) is 0 Å². The number of carbonyl (C=O) groups excluding carboxylic acids is 8. The van der Waals surface area contributed by atoms with E-state index in [0.717, 1.165) is 12.8 Å². The molecule has 0 saturated heterocycles. The average molecular weight is 969 g/mol. The summed E-state index contributed by atoms with van der Waals surface area (Å²) in [6, 6.07) is 2.98. The highest BCUT2D eigenvalue weighted by molar-refractivity contribution is 6.04. The standard InChI is InChI=1S/C43H56N18O9/c1-6-70-35(64)13-17-48-41(67)37-54-31(25-59(37)4)52-34(63)12-16-47-40(66)30-22-28(24-61(30)19-10-8-7-9-14-49-56-44)51-43(69)38-55-32(26-60(38)5)53-33(62)11-15-46-39(65)29-21-27(23-58(29)3)50-42(68)36-45-18-20-57(36)2/h18,20-26H,6-17,19H2,1-5H3,(H,46,65)(H,47,66)(H,48,67)(H,50,68)(H,51,69)(H,52,63)(H,53,62). The third kappa shape index (κ3) is 15.1. The number of azide groups is 1. The van der Waals surface area contributed by atoms with Crippen molar-refractivity contribution in [3.8, 4) is 0 Å². The first-order valence-electron chi connectivity index (χ1n) is 22.2. The van der Waals surface area contributed by atoms with Gasteiger partial charge in [-0.1, -0.05) is 18.0 Å². The molecule has 0 atom stereocenters. The molecule has 0 saturated carbocycles. The Kier molecular flexibility index (Phi) is 19.0. The van der Waals surface area contributed by atoms with Crippen molar-refractivity contribution in [1.82, 2.24) is 53.7 Å². The van der Waals surface area contributed by atoms with E-state index in [1.807, 2.05) is 0 Å². The molecule has 5 aromatic heterocycles. The topological polar surface area (TPSA) is 342 Å². The molecular formula is C43H56N18O9. The summed E-state index contributed by atoms with van der Waals surface area (Å²) in [5.74, 6) is -3.73. The molecule has 70 heavy (non-hydrogen) atoms. The van der Waals surface area contributed by atoms with Gasteiger partial charge in [-0.15, -0.1) is 0 Å². The fourth-order valence-corrected chi connectivity index (χ4v) is 6.87. The number of aromatic nitrogens is 8. The van der Waals surface area contributed by atoms with Crippen LogP contribution in [0.15, 0.2) is 54.4 Å². The van der Waals surface area contributed by atoms with Crippen molar-refractivity contribution in [3.63, 3.8) is 0 Å². The van der Waals surface area contributed by atoms with Gasteiger partial charge in [-0.2, -0.15) is 0 Å². The predicted octanol–water partition coefficient (Wildman–Crippen LogP) is 2.60. The zero-order valence-electron chi connectivity index (χ0n) is 39.4. The summed E-state index contributed by atoms with van der Waals surface area (Å²) in [4.78, 5) is 117. The molecule has 0 aliphatic carbocycles. The summed E-state index contributed by atoms with van der Waals surface area (Å²) in [5, 5.41) is 22.2. The molecule has 0 spiro atoms. The Morgan fingerprint density at radius 2 is 1.16 bits per heavy atom. The van der Waals surface area contributed by atoms with Crippen LogP contribution in [0.2, 0.25) is 0 Å². The number of hydrogen-bond donors (Lipinski definition) is 7. The first-order valence-corrected chi connectivity index (χ1v) is 22.2. The summed E-state index contributed by atoms with van der Waals surface area (Å²) in [5.41, 5.74) is 9.64. The van der Waals surface area contributed by atoms with E-state index in [4.69, 9.17) is 10.3 Å². The van der Waals surface area contributed by atoms with Crippen LogP contribution < -0.4 is 37.2 Å². The van der Waals surface area contributed by atoms with Gasteiger partial charge in [0.25, 0.3) is 29.5 Å². The zero-order chi connectivity index (χ0) is 50.7. The highest BCUT2D eigenvalue weighted by Crippen LogP contribution is 2.19. The molecule has 5 heterocycles. The Labute approximate surface area is 400 Å². The third-order valence-corrected chi connectivity index (χ3v) is 10.3. The number of amides is 7. The molecule has 0 unspecified atom stereocenters. The molecule has 27 nitrogen and oxygen atoms in total. The lowest BCUT2D eigenvalue weighted by Crippen LogP contribution is -2.29. The van der Waals surface area contributed by atoms with Crippen molar-refractivity contribution >= 4 is 70.3 Å². The Hall–Kier alpha value is -8.74. The van der Waals surface area contributed by atoms with Crippen LogP contribution in [0.1, 0.15) is 105 Å². The molecule has 0 fully saturated rings. The van der Waals surface area contributed by atoms with E-state index < -0.39 is 47.3 Å². The number of anilines is 4. The highest BCUT2D eigenvalue weighted by Gasteiger charge is 2.21. The SMILES string of the molecule is CCOC(=O)CCNC(=O)c1nc(NC(=O)CCNC(=O)c2cc(NC(=O)c3nc(NC(=O)CCNC(=O)c4cc(NC(=O)c5nccn5C)cn4C)cn3C)cn2CCCCCCN=[N+]=[N-])cn1C. The number of hydrogen-bond acceptors (Lipinski definition) is 13. The molecule has 0 aromatic carbocycles. The number of aryl methyl sites for hydroxylation is 5. The first-order chi connectivity index (χ1) is 33.6. The van der Waals surface area contributed by atoms with E-state index in [2.05, 4.69) is 62.2 Å². The molecule has 0 aliphatic rings. The summed E-state index contributed by atoms with van der Waals surface area (Å²) < 4.78 is 12.4. The predicted molar refractivity (Wildman–Crippen MR) is 253 cm³/mol. The Balaban J connectivity index is 1.12. The van der Waals surface area contributed by atoms with Gasteiger partial charge in [0.05, 0.1) is 24.4 Å². The van der Waals surface area contributed by atoms with Crippen molar-refractivity contribution < 1.29 is 43.1 Å². The molecule has 27 heteroatoms. The summed E-state index contributed by atoms with van der Waals surface area (Å²) in [6.07, 6.45) is 11.8. The minimum absolute atomic E-state index is 0.00402. The van der Waals surface area contributed by atoms with Gasteiger partial charge in [-0.25, -0.2) is 15.0 Å². The summed E-state index contributed by atoms with van der Waals surface area (Å²) in [7, 11) is 6.45. The van der Waals surface area contributed by atoms with Gasteiger partial charge in [-0.05, 0) is 37.4 Å². The van der Waals surface area contributed by atoms with Crippen LogP contribution in [-0.2, 0) is 53.9 Å². The van der Waals surface area contributed by atoms with Crippen LogP contribution in [0, 0.1) is 0 Å². The van der Waals surface area contributed by atoms with E-state index in [0.29, 0.717) is 31.6 Å². The van der Waals surface area contributed by atoms with Crippen molar-refractivity contribution in [1.29, 1.82) is 0 Å². The van der Waals surface area contributed by atoms with Gasteiger partial charge in [0, 0.05) is 116 Å². The molecule has 7 amide bonds. The Morgan fingerprint density at radius 1 is 0.614 bits per heavy atom. The average Bonchev–Trinajstić information content (AvgIpc) is 4.15. The summed E-state index contributed by atoms with van der Waals surface area (Å²) >= 11 is 0. The number of esters is 1. The summed E-state index contributed by atoms with van der Waals surface area (Å²) in [6.45, 7) is 2.62. The molecule has 0 radical (unpaired) electrons. The molecule has 5 rings (SSSR count). The van der Waals surface area contributed by atoms with Crippen LogP contribution in [0.25, 0.3) is 10.4 Å². The maximum Gasteiger partial charge on any atom is 0.307 e. The second kappa shape index (κ2) is 25.4. The quantitative estimate of drug-likeness (QED) is 0.0138. The zero-order valence-corrected chi connectivity index (χ0v) is 39.4. The van der Waals surface area contributed by atoms with Crippen molar-refractivity contribution in [2.45, 2.75) is 58.4 Å². The van der Waals surface area contributed by atoms with Crippen molar-refractivity contribution in [2.75, 3.05) is 54.1 Å². The van der Waals surface area contributed by atoms with Crippen molar-refractivity contribution in [2.24, 2.45) is 33.3 Å². The normalized spacial score (nSPS) is 10.7. The number of nitrogens with zero attached hydrogens (tertiary/aromatic N) is 11. The number of ether oxygens (including phenoxy) is 1. The van der Waals surface area contributed by atoms with Crippen LogP contribution in [0.3, 0.4) is 0 Å². The van der Waals surface area contributed by atoms with E-state index in [1.165, 1.54) is 44.4 Å². The Morgan fingerprint density at radius 3 is 1.76 bits per heavy atom. The minimum atomic E-state index is -0.640. The third-order valence-electron chi connectivity index (χ3n) is 10.3. The fourth-order valence-electron chi connectivity index (χ4n) is 6.87. The molecule has 7 N–H and O–H groups in total. The van der Waals surface area contributed by atoms with E-state index >= 15 is 0 Å². The van der Waals surface area contributed by atoms with E-state index in [1.54, 1.807) is 62.8 Å². The maximum absolute atomic E-state index is 13.5. The maximum atomic E-state index is 13.5. The van der Waals surface area contributed by atoms with E-state index in [-0.39, 0.29) is 91.7 Å². The van der Waals surface area contributed by atoms with Gasteiger partial charge in [0.1, 0.15) is 11.4 Å². The molecule has 0 bridgehead atoms. The van der Waals surface area contributed by atoms with Gasteiger partial charge in [0.15, 0.2) is 17.5 Å². The van der Waals surface area contributed by atoms with Gasteiger partial charge in [-0.3, -0.25) is 38.4 Å². The minimum Gasteiger partial charge on any atom is -0.466 e. The number of nitrogens with one attached hydrogen (secondary N) is 7. The monoisotopic (exact) mass is 968 g/mol. The second-order valence-electron chi connectivity index (χ2n) is 15.7. The van der Waals surface area contributed by atoms with E-state index in [9.17, 15) is 38.4 Å². The van der Waals surface area contributed by atoms with Crippen LogP contribution in [-0.4, -0.2) is 118 Å². The largest absolute Gasteiger partial charge is 0.466 e. The van der Waals surface area contributed by atoms with Gasteiger partial charge < -0.3 is 64.8 Å². The molecule has 5 aromatic rings. The van der Waals surface area contributed by atoms with Crippen molar-refractivity contribution in [3.05, 3.63) is 88.6 Å². The number of carbonyl (C=O) groups is 8. The molecular weight excluding hydrogens is 913 g/mol. The lowest BCUT2D eigenvalue weighted by Gasteiger charge is -2.09. The number of imidazole rings is 3. The Bertz CT molecular complexity index is 2750. The smallest absolute Gasteiger partial charge is 0.307 e. The fraction of sp³-hybridized carbons (Fsp3) is 0.419. The van der Waals surface area contributed by atoms with Crippen LogP contribution in [0.4, 0.5) is 23.0 Å². The highest BCUT2D eigenvalue weighted by atomic mass is 16.5. The van der Waals surface area contributed by atoms with Gasteiger partial charge >= 0.3 is 5.97 Å². The molecule has 372 valence electrons. The lowest BCUT2D eigenvalue weighted by atomic mass is 10.2. The van der Waals surface area contributed by atoms with Gasteiger partial charge in [0.2, 0.25) is 23.5 Å². The number of unbranched alkanes of at least 4 members (excludes halogenated alkanes) is 3. The second-order valence-corrected chi connectivity index (χ2v) is 15.7. The lowest BCUT2D eigenvalue weighted by molar-refractivity contribution is -0.142. The first kappa shape index (κ1) is 52.2. The number of rotatable bonds is 26. The van der Waals surface area contributed by atoms with Crippen LogP contribution >= 0.6 is 0 Å².